The second kappa shape index (κ2) is 5.04. The third-order valence-electron chi connectivity index (χ3n) is 6.52. The highest BCUT2D eigenvalue weighted by Gasteiger charge is 2.51. The molecule has 4 aliphatic rings. The molecule has 4 aliphatic carbocycles. The van der Waals surface area contributed by atoms with Gasteiger partial charge in [-0.3, -0.25) is 9.89 Å². The Morgan fingerprint density at radius 1 is 1.21 bits per heavy atom. The van der Waals surface area contributed by atoms with Gasteiger partial charge >= 0.3 is 0 Å². The molecule has 4 fully saturated rings. The lowest BCUT2D eigenvalue weighted by atomic mass is 9.49. The van der Waals surface area contributed by atoms with E-state index in [4.69, 9.17) is 0 Å². The Balaban J connectivity index is 1.34. The van der Waals surface area contributed by atoms with Crippen LogP contribution in [0.4, 0.5) is 5.82 Å². The molecule has 2 heterocycles. The highest BCUT2D eigenvalue weighted by Crippen LogP contribution is 2.61. The minimum Gasteiger partial charge on any atom is -0.309 e. The smallest absolute Gasteiger partial charge is 0.226 e. The maximum atomic E-state index is 12.7. The van der Waals surface area contributed by atoms with Crippen LogP contribution in [0.25, 0.3) is 11.0 Å². The average Bonchev–Trinajstić information content (AvgIpc) is 2.87. The van der Waals surface area contributed by atoms with Crippen molar-refractivity contribution in [3.63, 3.8) is 0 Å². The number of hydrogen-bond donors (Lipinski definition) is 2. The van der Waals surface area contributed by atoms with Crippen LogP contribution in [0.3, 0.4) is 0 Å². The zero-order valence-electron chi connectivity index (χ0n) is 14.1. The van der Waals surface area contributed by atoms with Crippen LogP contribution in [0, 0.1) is 30.1 Å². The lowest BCUT2D eigenvalue weighted by molar-refractivity contribution is -0.124. The van der Waals surface area contributed by atoms with Crippen molar-refractivity contribution in [3.8, 4) is 0 Å². The Kier molecular flexibility index (Phi) is 3.03. The number of fused-ring (bicyclic) bond motifs is 1. The van der Waals surface area contributed by atoms with Gasteiger partial charge < -0.3 is 5.32 Å². The van der Waals surface area contributed by atoms with Gasteiger partial charge in [-0.05, 0) is 80.8 Å². The second-order valence-electron chi connectivity index (χ2n) is 8.56. The summed E-state index contributed by atoms with van der Waals surface area (Å²) in [6.45, 7) is 1.95. The number of anilines is 1. The van der Waals surface area contributed by atoms with Crippen LogP contribution in [-0.2, 0) is 4.79 Å². The number of nitrogens with zero attached hydrogens (tertiary/aromatic N) is 2. The standard InChI is InChI=1S/C19H24N4O/c1-11-2-3-15-17(20-11)22-23-18(15)21-16(24)10-19-7-12-4-13(8-19)6-14(5-12)9-19/h2-3,12-14H,4-10H2,1H3,(H2,20,21,22,23,24). The molecular formula is C19H24N4O. The molecule has 0 atom stereocenters. The van der Waals surface area contributed by atoms with E-state index in [2.05, 4.69) is 20.5 Å². The van der Waals surface area contributed by atoms with Gasteiger partial charge in [0.2, 0.25) is 5.91 Å². The quantitative estimate of drug-likeness (QED) is 0.902. The third kappa shape index (κ3) is 2.33. The van der Waals surface area contributed by atoms with Crippen LogP contribution in [-0.4, -0.2) is 21.1 Å². The molecule has 0 aliphatic heterocycles. The third-order valence-corrected chi connectivity index (χ3v) is 6.52. The van der Waals surface area contributed by atoms with E-state index in [0.29, 0.717) is 12.2 Å². The molecule has 4 bridgehead atoms. The van der Waals surface area contributed by atoms with Gasteiger partial charge in [0.1, 0.15) is 0 Å². The Bertz CT molecular complexity index is 774. The largest absolute Gasteiger partial charge is 0.309 e. The minimum absolute atomic E-state index is 0.117. The van der Waals surface area contributed by atoms with Crippen molar-refractivity contribution >= 4 is 22.8 Å². The molecule has 126 valence electrons. The summed E-state index contributed by atoms with van der Waals surface area (Å²) in [5.41, 5.74) is 1.94. The number of rotatable bonds is 3. The van der Waals surface area contributed by atoms with Gasteiger partial charge in [-0.2, -0.15) is 5.10 Å². The zero-order chi connectivity index (χ0) is 16.3. The second-order valence-corrected chi connectivity index (χ2v) is 8.56. The summed E-state index contributed by atoms with van der Waals surface area (Å²) in [5, 5.41) is 11.1. The number of H-pyrrole nitrogens is 1. The van der Waals surface area contributed by atoms with E-state index in [1.165, 1.54) is 38.5 Å². The molecule has 0 spiro atoms. The Morgan fingerprint density at radius 3 is 2.54 bits per heavy atom. The summed E-state index contributed by atoms with van der Waals surface area (Å²) in [4.78, 5) is 17.1. The minimum atomic E-state index is 0.117. The lowest BCUT2D eigenvalue weighted by Gasteiger charge is -2.56. The first kappa shape index (κ1) is 14.4. The molecule has 24 heavy (non-hydrogen) atoms. The van der Waals surface area contributed by atoms with Crippen molar-refractivity contribution in [1.82, 2.24) is 15.2 Å². The molecule has 4 saturated carbocycles. The number of amides is 1. The predicted molar refractivity (Wildman–Crippen MR) is 92.5 cm³/mol. The SMILES string of the molecule is Cc1ccc2c(NC(=O)CC34CC5CC(CC(C5)C3)C4)n[nH]c2n1. The normalized spacial score (nSPS) is 34.0. The Morgan fingerprint density at radius 2 is 1.88 bits per heavy atom. The van der Waals surface area contributed by atoms with Crippen LogP contribution in [0.1, 0.15) is 50.6 Å². The summed E-state index contributed by atoms with van der Waals surface area (Å²) in [5.74, 6) is 3.37. The Hall–Kier alpha value is -1.91. The van der Waals surface area contributed by atoms with Crippen LogP contribution >= 0.6 is 0 Å². The first-order valence-corrected chi connectivity index (χ1v) is 9.20. The van der Waals surface area contributed by atoms with Crippen LogP contribution < -0.4 is 5.32 Å². The summed E-state index contributed by atoms with van der Waals surface area (Å²) in [7, 11) is 0. The van der Waals surface area contributed by atoms with E-state index in [1.807, 2.05) is 19.1 Å². The molecule has 0 radical (unpaired) electrons. The highest BCUT2D eigenvalue weighted by atomic mass is 16.1. The first-order chi connectivity index (χ1) is 11.6. The van der Waals surface area contributed by atoms with Gasteiger partial charge in [0.25, 0.3) is 0 Å². The number of aromatic nitrogens is 3. The number of carbonyl (C=O) groups excluding carboxylic acids is 1. The number of pyridine rings is 1. The number of aryl methyl sites for hydroxylation is 1. The average molecular weight is 324 g/mol. The van der Waals surface area contributed by atoms with Gasteiger partial charge in [-0.15, -0.1) is 0 Å². The number of carbonyl (C=O) groups is 1. The molecule has 0 saturated heterocycles. The van der Waals surface area contributed by atoms with Crippen molar-refractivity contribution in [1.29, 1.82) is 0 Å². The molecule has 0 unspecified atom stereocenters. The molecule has 6 rings (SSSR count). The lowest BCUT2D eigenvalue weighted by Crippen LogP contribution is -2.47. The Labute approximate surface area is 141 Å². The van der Waals surface area contributed by atoms with Crippen molar-refractivity contribution in [3.05, 3.63) is 17.8 Å². The monoisotopic (exact) mass is 324 g/mol. The molecule has 1 amide bonds. The summed E-state index contributed by atoms with van der Waals surface area (Å²) in [6, 6.07) is 3.92. The molecule has 5 nitrogen and oxygen atoms in total. The van der Waals surface area contributed by atoms with E-state index < -0.39 is 0 Å². The van der Waals surface area contributed by atoms with Crippen molar-refractivity contribution < 1.29 is 4.79 Å². The summed E-state index contributed by atoms with van der Waals surface area (Å²) < 4.78 is 0. The van der Waals surface area contributed by atoms with E-state index in [0.717, 1.165) is 34.5 Å². The first-order valence-electron chi connectivity index (χ1n) is 9.20. The number of nitrogens with one attached hydrogen (secondary N) is 2. The topological polar surface area (TPSA) is 70.7 Å². The fraction of sp³-hybridized carbons (Fsp3) is 0.632. The van der Waals surface area contributed by atoms with Crippen LogP contribution in [0.5, 0.6) is 0 Å². The zero-order valence-corrected chi connectivity index (χ0v) is 14.1. The van der Waals surface area contributed by atoms with Crippen LogP contribution in [0.2, 0.25) is 0 Å². The van der Waals surface area contributed by atoms with Gasteiger partial charge in [-0.25, -0.2) is 4.98 Å². The molecular weight excluding hydrogens is 300 g/mol. The van der Waals surface area contributed by atoms with E-state index in [9.17, 15) is 4.79 Å². The van der Waals surface area contributed by atoms with Gasteiger partial charge in [0, 0.05) is 12.1 Å². The fourth-order valence-corrected chi connectivity index (χ4v) is 6.12. The summed E-state index contributed by atoms with van der Waals surface area (Å²) >= 11 is 0. The molecule has 2 aromatic rings. The van der Waals surface area contributed by atoms with Gasteiger partial charge in [0.05, 0.1) is 5.39 Å². The van der Waals surface area contributed by atoms with Gasteiger partial charge in [0.15, 0.2) is 11.5 Å². The van der Waals surface area contributed by atoms with Crippen molar-refractivity contribution in [2.24, 2.45) is 23.2 Å². The molecule has 0 aromatic carbocycles. The van der Waals surface area contributed by atoms with Crippen molar-refractivity contribution in [2.45, 2.75) is 51.9 Å². The summed E-state index contributed by atoms with van der Waals surface area (Å²) in [6.07, 6.45) is 8.67. The molecule has 2 N–H and O–H groups in total. The number of hydrogen-bond acceptors (Lipinski definition) is 3. The highest BCUT2D eigenvalue weighted by molar-refractivity contribution is 5.98. The van der Waals surface area contributed by atoms with E-state index in [-0.39, 0.29) is 11.3 Å². The maximum Gasteiger partial charge on any atom is 0.226 e. The van der Waals surface area contributed by atoms with E-state index in [1.54, 1.807) is 0 Å². The molecule has 2 aromatic heterocycles. The maximum absolute atomic E-state index is 12.7. The molecule has 5 heteroatoms. The van der Waals surface area contributed by atoms with Crippen molar-refractivity contribution in [2.75, 3.05) is 5.32 Å². The predicted octanol–water partition coefficient (Wildman–Crippen LogP) is 3.81. The fourth-order valence-electron chi connectivity index (χ4n) is 6.12. The van der Waals surface area contributed by atoms with Gasteiger partial charge in [-0.1, -0.05) is 0 Å². The number of aromatic amines is 1. The van der Waals surface area contributed by atoms with Crippen LogP contribution in [0.15, 0.2) is 12.1 Å². The van der Waals surface area contributed by atoms with E-state index >= 15 is 0 Å².